The van der Waals surface area contributed by atoms with Gasteiger partial charge in [0.1, 0.15) is 0 Å². The summed E-state index contributed by atoms with van der Waals surface area (Å²) >= 11 is 0. The van der Waals surface area contributed by atoms with Crippen LogP contribution in [-0.4, -0.2) is 47.4 Å². The van der Waals surface area contributed by atoms with Crippen LogP contribution in [0, 0.1) is 0 Å². The molecule has 6 heteroatoms. The number of rotatable bonds is 6. The normalized spacial score (nSPS) is 13.3. The number of carboxylic acid groups (broad SMARTS) is 1. The Morgan fingerprint density at radius 2 is 2.00 bits per heavy atom. The highest BCUT2D eigenvalue weighted by atomic mass is 16.5. The molecule has 0 fully saturated rings. The van der Waals surface area contributed by atoms with Crippen molar-refractivity contribution in [3.8, 4) is 0 Å². The molecule has 1 atom stereocenters. The fourth-order valence-electron chi connectivity index (χ4n) is 0.819. The predicted octanol–water partition coefficient (Wildman–Crippen LogP) is -0.637. The van der Waals surface area contributed by atoms with Gasteiger partial charge in [-0.1, -0.05) is 0 Å². The van der Waals surface area contributed by atoms with Gasteiger partial charge in [-0.25, -0.2) is 4.79 Å². The number of aliphatic hydroxyl groups excluding tert-OH is 1. The van der Waals surface area contributed by atoms with Crippen LogP contribution in [0.15, 0.2) is 0 Å². The number of aliphatic hydroxyl groups is 1. The first-order chi connectivity index (χ1) is 6.78. The lowest BCUT2D eigenvalue weighted by atomic mass is 10.1. The summed E-state index contributed by atoms with van der Waals surface area (Å²) in [6.07, 6.45) is -1.46. The molecule has 0 aliphatic rings. The molecule has 0 heterocycles. The molecule has 0 aromatic heterocycles. The van der Waals surface area contributed by atoms with Crippen LogP contribution in [0.2, 0.25) is 0 Å². The van der Waals surface area contributed by atoms with Crippen LogP contribution in [0.1, 0.15) is 20.3 Å². The van der Waals surface area contributed by atoms with E-state index in [9.17, 15) is 9.59 Å². The van der Waals surface area contributed by atoms with Gasteiger partial charge in [-0.05, 0) is 13.8 Å². The molecule has 0 saturated heterocycles. The number of aliphatic carboxylic acids is 1. The van der Waals surface area contributed by atoms with Crippen LogP contribution in [0.3, 0.4) is 0 Å². The SMILES string of the molecule is COC(C)(C)CC(=O)NCC(O)C(=O)O. The van der Waals surface area contributed by atoms with E-state index in [4.69, 9.17) is 14.9 Å². The van der Waals surface area contributed by atoms with E-state index >= 15 is 0 Å². The molecule has 88 valence electrons. The fraction of sp³-hybridized carbons (Fsp3) is 0.778. The lowest BCUT2D eigenvalue weighted by Gasteiger charge is -2.22. The third-order valence-electron chi connectivity index (χ3n) is 1.92. The molecule has 0 spiro atoms. The third kappa shape index (κ3) is 6.03. The van der Waals surface area contributed by atoms with Gasteiger partial charge in [0, 0.05) is 7.11 Å². The molecule has 0 aliphatic heterocycles. The number of carboxylic acids is 1. The van der Waals surface area contributed by atoms with E-state index in [1.165, 1.54) is 7.11 Å². The van der Waals surface area contributed by atoms with E-state index in [0.29, 0.717) is 0 Å². The smallest absolute Gasteiger partial charge is 0.334 e. The van der Waals surface area contributed by atoms with Crippen molar-refractivity contribution in [1.29, 1.82) is 0 Å². The average Bonchev–Trinajstić information content (AvgIpc) is 2.13. The van der Waals surface area contributed by atoms with Gasteiger partial charge in [0.15, 0.2) is 6.10 Å². The van der Waals surface area contributed by atoms with Crippen LogP contribution in [-0.2, 0) is 14.3 Å². The van der Waals surface area contributed by atoms with E-state index < -0.39 is 17.7 Å². The van der Waals surface area contributed by atoms with Crippen molar-refractivity contribution >= 4 is 11.9 Å². The number of amides is 1. The van der Waals surface area contributed by atoms with Gasteiger partial charge in [0.05, 0.1) is 18.6 Å². The molecule has 1 amide bonds. The second kappa shape index (κ2) is 5.67. The van der Waals surface area contributed by atoms with Crippen molar-refractivity contribution in [2.75, 3.05) is 13.7 Å². The summed E-state index contributed by atoms with van der Waals surface area (Å²) in [5.41, 5.74) is -0.599. The van der Waals surface area contributed by atoms with Crippen molar-refractivity contribution in [3.63, 3.8) is 0 Å². The van der Waals surface area contributed by atoms with E-state index in [-0.39, 0.29) is 18.9 Å². The number of nitrogens with one attached hydrogen (secondary N) is 1. The Labute approximate surface area is 88.2 Å². The quantitative estimate of drug-likeness (QED) is 0.552. The Bertz CT molecular complexity index is 239. The number of ether oxygens (including phenoxy) is 1. The van der Waals surface area contributed by atoms with Crippen LogP contribution in [0.4, 0.5) is 0 Å². The van der Waals surface area contributed by atoms with Crippen LogP contribution < -0.4 is 5.32 Å². The Balaban J connectivity index is 3.91. The molecular weight excluding hydrogens is 202 g/mol. The molecule has 0 rings (SSSR count). The van der Waals surface area contributed by atoms with Gasteiger partial charge in [-0.3, -0.25) is 4.79 Å². The molecule has 0 aliphatic carbocycles. The van der Waals surface area contributed by atoms with Crippen LogP contribution in [0.5, 0.6) is 0 Å². The zero-order valence-electron chi connectivity index (χ0n) is 9.11. The Morgan fingerprint density at radius 1 is 1.47 bits per heavy atom. The number of hydrogen-bond acceptors (Lipinski definition) is 4. The van der Waals surface area contributed by atoms with E-state index in [2.05, 4.69) is 5.32 Å². The fourth-order valence-corrected chi connectivity index (χ4v) is 0.819. The van der Waals surface area contributed by atoms with E-state index in [1.54, 1.807) is 13.8 Å². The maximum Gasteiger partial charge on any atom is 0.334 e. The van der Waals surface area contributed by atoms with Crippen molar-refractivity contribution in [3.05, 3.63) is 0 Å². The van der Waals surface area contributed by atoms with E-state index in [1.807, 2.05) is 0 Å². The molecular formula is C9H17NO5. The second-order valence-corrected chi connectivity index (χ2v) is 3.80. The number of carbonyl (C=O) groups excluding carboxylic acids is 1. The first-order valence-corrected chi connectivity index (χ1v) is 4.51. The van der Waals surface area contributed by atoms with Gasteiger partial charge in [0.25, 0.3) is 0 Å². The monoisotopic (exact) mass is 219 g/mol. The summed E-state index contributed by atoms with van der Waals surface area (Å²) in [4.78, 5) is 21.5. The molecule has 0 aromatic rings. The minimum Gasteiger partial charge on any atom is -0.479 e. The molecule has 6 nitrogen and oxygen atoms in total. The number of carbonyl (C=O) groups is 2. The third-order valence-corrected chi connectivity index (χ3v) is 1.92. The Kier molecular flexibility index (Phi) is 5.24. The van der Waals surface area contributed by atoms with Gasteiger partial charge >= 0.3 is 5.97 Å². The van der Waals surface area contributed by atoms with Crippen LogP contribution >= 0.6 is 0 Å². The van der Waals surface area contributed by atoms with Gasteiger partial charge in [-0.2, -0.15) is 0 Å². The summed E-state index contributed by atoms with van der Waals surface area (Å²) in [7, 11) is 1.49. The number of hydrogen-bond donors (Lipinski definition) is 3. The predicted molar refractivity (Wildman–Crippen MR) is 52.4 cm³/mol. The van der Waals surface area contributed by atoms with Gasteiger partial charge in [-0.15, -0.1) is 0 Å². The second-order valence-electron chi connectivity index (χ2n) is 3.80. The lowest BCUT2D eigenvalue weighted by Crippen LogP contribution is -2.39. The summed E-state index contributed by atoms with van der Waals surface area (Å²) < 4.78 is 5.02. The highest BCUT2D eigenvalue weighted by molar-refractivity contribution is 5.78. The Morgan fingerprint density at radius 3 is 2.40 bits per heavy atom. The lowest BCUT2D eigenvalue weighted by molar-refractivity contribution is -0.146. The standard InChI is InChI=1S/C9H17NO5/c1-9(2,15-3)4-7(12)10-5-6(11)8(13)14/h6,11H,4-5H2,1-3H3,(H,10,12)(H,13,14). The summed E-state index contributed by atoms with van der Waals surface area (Å²) in [6.45, 7) is 3.17. The summed E-state index contributed by atoms with van der Waals surface area (Å²) in [6, 6.07) is 0. The maximum atomic E-state index is 11.2. The topological polar surface area (TPSA) is 95.9 Å². The highest BCUT2D eigenvalue weighted by Gasteiger charge is 2.22. The zero-order valence-corrected chi connectivity index (χ0v) is 9.11. The summed E-state index contributed by atoms with van der Waals surface area (Å²) in [5.74, 6) is -1.72. The molecule has 0 radical (unpaired) electrons. The van der Waals surface area contributed by atoms with Crippen molar-refractivity contribution in [2.24, 2.45) is 0 Å². The Hall–Kier alpha value is -1.14. The first kappa shape index (κ1) is 13.9. The largest absolute Gasteiger partial charge is 0.479 e. The molecule has 15 heavy (non-hydrogen) atoms. The first-order valence-electron chi connectivity index (χ1n) is 4.51. The molecule has 0 saturated carbocycles. The maximum absolute atomic E-state index is 11.2. The summed E-state index contributed by atoms with van der Waals surface area (Å²) in [5, 5.41) is 19.5. The molecule has 0 bridgehead atoms. The van der Waals surface area contributed by atoms with Crippen LogP contribution in [0.25, 0.3) is 0 Å². The molecule has 0 aromatic carbocycles. The zero-order chi connectivity index (χ0) is 12.1. The van der Waals surface area contributed by atoms with Crippen molar-refractivity contribution in [2.45, 2.75) is 32.0 Å². The van der Waals surface area contributed by atoms with Gasteiger partial charge in [0.2, 0.25) is 5.91 Å². The minimum atomic E-state index is -1.57. The number of methoxy groups -OCH3 is 1. The van der Waals surface area contributed by atoms with Crippen molar-refractivity contribution < 1.29 is 24.5 Å². The molecule has 1 unspecified atom stereocenters. The molecule has 3 N–H and O–H groups in total. The minimum absolute atomic E-state index is 0.107. The highest BCUT2D eigenvalue weighted by Crippen LogP contribution is 2.11. The van der Waals surface area contributed by atoms with Crippen molar-refractivity contribution in [1.82, 2.24) is 5.32 Å². The average molecular weight is 219 g/mol. The van der Waals surface area contributed by atoms with E-state index in [0.717, 1.165) is 0 Å². The van der Waals surface area contributed by atoms with Gasteiger partial charge < -0.3 is 20.3 Å².